The number of nitrogens with zero attached hydrogens (tertiary/aromatic N) is 1. The van der Waals surface area contributed by atoms with Crippen LogP contribution in [0.15, 0.2) is 41.4 Å². The molecule has 0 aliphatic heterocycles. The molecule has 4 nitrogen and oxygen atoms in total. The molecule has 1 aromatic heterocycles. The minimum absolute atomic E-state index is 0.171. The fraction of sp³-hybridized carbons (Fsp3) is 0.200. The van der Waals surface area contributed by atoms with E-state index >= 15 is 0 Å². The van der Waals surface area contributed by atoms with Crippen LogP contribution in [-0.4, -0.2) is 17.2 Å². The number of amides is 1. The molecule has 126 valence electrons. The highest BCUT2D eigenvalue weighted by molar-refractivity contribution is 7.16. The van der Waals surface area contributed by atoms with Gasteiger partial charge in [-0.1, -0.05) is 30.3 Å². The molecular formula is C20H18N2O2S. The Labute approximate surface area is 149 Å². The van der Waals surface area contributed by atoms with Gasteiger partial charge in [0.1, 0.15) is 10.8 Å². The zero-order chi connectivity index (χ0) is 17.4. The molecule has 0 saturated carbocycles. The van der Waals surface area contributed by atoms with Crippen molar-refractivity contribution in [3.8, 4) is 5.75 Å². The van der Waals surface area contributed by atoms with E-state index in [1.165, 1.54) is 4.88 Å². The number of aromatic hydroxyl groups is 1. The van der Waals surface area contributed by atoms with Crippen LogP contribution in [0.1, 0.15) is 39.2 Å². The quantitative estimate of drug-likeness (QED) is 0.690. The summed E-state index contributed by atoms with van der Waals surface area (Å²) in [5, 5.41) is 12.8. The number of primary amides is 1. The summed E-state index contributed by atoms with van der Waals surface area (Å²) in [6, 6.07) is 11.4. The lowest BCUT2D eigenvalue weighted by atomic mass is 9.95. The molecule has 0 bridgehead atoms. The van der Waals surface area contributed by atoms with E-state index < -0.39 is 5.91 Å². The van der Waals surface area contributed by atoms with Crippen molar-refractivity contribution < 1.29 is 9.90 Å². The van der Waals surface area contributed by atoms with E-state index in [0.29, 0.717) is 16.1 Å². The topological polar surface area (TPSA) is 75.7 Å². The van der Waals surface area contributed by atoms with E-state index in [2.05, 4.69) is 4.99 Å². The maximum atomic E-state index is 12.0. The molecule has 2 aromatic carbocycles. The number of rotatable bonds is 3. The van der Waals surface area contributed by atoms with Gasteiger partial charge in [-0.15, -0.1) is 11.3 Å². The molecule has 1 amide bonds. The lowest BCUT2D eigenvalue weighted by molar-refractivity contribution is 0.100. The zero-order valence-electron chi connectivity index (χ0n) is 13.7. The van der Waals surface area contributed by atoms with Crippen molar-refractivity contribution in [1.29, 1.82) is 0 Å². The molecule has 1 heterocycles. The van der Waals surface area contributed by atoms with Gasteiger partial charge in [0.15, 0.2) is 0 Å². The number of phenolic OH excluding ortho intramolecular Hbond substituents is 1. The van der Waals surface area contributed by atoms with Crippen molar-refractivity contribution in [3.63, 3.8) is 0 Å². The van der Waals surface area contributed by atoms with Gasteiger partial charge < -0.3 is 10.8 Å². The second-order valence-corrected chi connectivity index (χ2v) is 7.32. The van der Waals surface area contributed by atoms with Crippen LogP contribution < -0.4 is 5.73 Å². The van der Waals surface area contributed by atoms with Gasteiger partial charge >= 0.3 is 0 Å². The second-order valence-electron chi connectivity index (χ2n) is 6.23. The number of nitrogens with two attached hydrogens (primary N) is 1. The smallest absolute Gasteiger partial charge is 0.252 e. The third-order valence-electron chi connectivity index (χ3n) is 4.66. The highest BCUT2D eigenvalue weighted by Gasteiger charge is 2.23. The Morgan fingerprint density at radius 2 is 1.96 bits per heavy atom. The SMILES string of the molecule is NC(=O)c1c(N=Cc2c(O)ccc3ccccc23)sc2c1CCCC2. The molecule has 1 aliphatic carbocycles. The van der Waals surface area contributed by atoms with E-state index in [1.54, 1.807) is 23.6 Å². The Kier molecular flexibility index (Phi) is 4.01. The van der Waals surface area contributed by atoms with E-state index in [4.69, 9.17) is 5.73 Å². The number of fused-ring (bicyclic) bond motifs is 2. The first kappa shape index (κ1) is 15.8. The molecular weight excluding hydrogens is 332 g/mol. The molecule has 3 N–H and O–H groups in total. The monoisotopic (exact) mass is 350 g/mol. The van der Waals surface area contributed by atoms with Gasteiger partial charge in [0.2, 0.25) is 0 Å². The van der Waals surface area contributed by atoms with Gasteiger partial charge in [0.25, 0.3) is 5.91 Å². The first-order chi connectivity index (χ1) is 12.1. The molecule has 1 aliphatic rings. The Morgan fingerprint density at radius 3 is 2.80 bits per heavy atom. The van der Waals surface area contributed by atoms with Crippen LogP contribution in [0.4, 0.5) is 5.00 Å². The minimum atomic E-state index is -0.423. The average Bonchev–Trinajstić information content (AvgIpc) is 2.99. The Hall–Kier alpha value is -2.66. The third-order valence-corrected chi connectivity index (χ3v) is 5.86. The van der Waals surface area contributed by atoms with E-state index in [0.717, 1.165) is 42.0 Å². The number of phenols is 1. The molecule has 0 unspecified atom stereocenters. The van der Waals surface area contributed by atoms with Crippen LogP contribution in [0.2, 0.25) is 0 Å². The van der Waals surface area contributed by atoms with Crippen LogP contribution in [0.5, 0.6) is 5.75 Å². The Balaban J connectivity index is 1.82. The maximum Gasteiger partial charge on any atom is 0.252 e. The van der Waals surface area contributed by atoms with Crippen molar-refractivity contribution >= 4 is 39.2 Å². The summed E-state index contributed by atoms with van der Waals surface area (Å²) in [4.78, 5) is 17.7. The molecule has 0 radical (unpaired) electrons. The highest BCUT2D eigenvalue weighted by atomic mass is 32.1. The lowest BCUT2D eigenvalue weighted by Gasteiger charge is -2.10. The first-order valence-corrected chi connectivity index (χ1v) is 9.16. The van der Waals surface area contributed by atoms with Gasteiger partial charge in [-0.2, -0.15) is 0 Å². The highest BCUT2D eigenvalue weighted by Crippen LogP contribution is 2.39. The number of hydrogen-bond acceptors (Lipinski definition) is 4. The summed E-state index contributed by atoms with van der Waals surface area (Å²) < 4.78 is 0. The largest absolute Gasteiger partial charge is 0.507 e. The fourth-order valence-corrected chi connectivity index (χ4v) is 4.68. The van der Waals surface area contributed by atoms with Gasteiger partial charge in [-0.3, -0.25) is 4.79 Å². The molecule has 0 spiro atoms. The standard InChI is InChI=1S/C20H18N2O2S/c21-19(24)18-14-7-3-4-8-17(14)25-20(18)22-11-15-13-6-2-1-5-12(13)9-10-16(15)23/h1-2,5-6,9-11,23H,3-4,7-8H2,(H2,21,24). The zero-order valence-corrected chi connectivity index (χ0v) is 14.5. The molecule has 0 fully saturated rings. The average molecular weight is 350 g/mol. The van der Waals surface area contributed by atoms with E-state index in [1.807, 2.05) is 30.3 Å². The number of thiophene rings is 1. The van der Waals surface area contributed by atoms with Gasteiger partial charge in [-0.05, 0) is 48.1 Å². The maximum absolute atomic E-state index is 12.0. The summed E-state index contributed by atoms with van der Waals surface area (Å²) in [5.74, 6) is -0.252. The lowest BCUT2D eigenvalue weighted by Crippen LogP contribution is -2.14. The summed E-state index contributed by atoms with van der Waals surface area (Å²) in [6.45, 7) is 0. The number of benzene rings is 2. The van der Waals surface area contributed by atoms with Crippen LogP contribution in [0, 0.1) is 0 Å². The van der Waals surface area contributed by atoms with E-state index in [9.17, 15) is 9.90 Å². The van der Waals surface area contributed by atoms with Crippen LogP contribution >= 0.6 is 11.3 Å². The molecule has 4 rings (SSSR count). The number of carbonyl (C=O) groups excluding carboxylic acids is 1. The normalized spacial score (nSPS) is 14.1. The van der Waals surface area contributed by atoms with Crippen LogP contribution in [-0.2, 0) is 12.8 Å². The van der Waals surface area contributed by atoms with Gasteiger partial charge in [0.05, 0.1) is 5.56 Å². The van der Waals surface area contributed by atoms with Crippen molar-refractivity contribution in [1.82, 2.24) is 0 Å². The minimum Gasteiger partial charge on any atom is -0.507 e. The summed E-state index contributed by atoms with van der Waals surface area (Å²) in [7, 11) is 0. The molecule has 0 saturated heterocycles. The van der Waals surface area contributed by atoms with Gasteiger partial charge in [0, 0.05) is 16.7 Å². The molecule has 0 atom stereocenters. The number of carbonyl (C=O) groups is 1. The van der Waals surface area contributed by atoms with Gasteiger partial charge in [-0.25, -0.2) is 4.99 Å². The third kappa shape index (κ3) is 2.81. The fourth-order valence-electron chi connectivity index (χ4n) is 3.44. The van der Waals surface area contributed by atoms with E-state index in [-0.39, 0.29) is 5.75 Å². The van der Waals surface area contributed by atoms with Crippen molar-refractivity contribution in [2.75, 3.05) is 0 Å². The van der Waals surface area contributed by atoms with Crippen LogP contribution in [0.3, 0.4) is 0 Å². The molecule has 5 heteroatoms. The second kappa shape index (κ2) is 6.33. The first-order valence-electron chi connectivity index (χ1n) is 8.34. The van der Waals surface area contributed by atoms with Crippen LogP contribution in [0.25, 0.3) is 10.8 Å². The Morgan fingerprint density at radius 1 is 1.16 bits per heavy atom. The van der Waals surface area contributed by atoms with Crippen molar-refractivity contribution in [2.45, 2.75) is 25.7 Å². The summed E-state index contributed by atoms with van der Waals surface area (Å²) in [5.41, 5.74) is 7.89. The number of aryl methyl sites for hydroxylation is 1. The molecule has 3 aromatic rings. The number of hydrogen-bond donors (Lipinski definition) is 2. The summed E-state index contributed by atoms with van der Waals surface area (Å²) >= 11 is 1.54. The Bertz CT molecular complexity index is 1000. The molecule has 25 heavy (non-hydrogen) atoms. The van der Waals surface area contributed by atoms with Crippen molar-refractivity contribution in [3.05, 3.63) is 58.0 Å². The summed E-state index contributed by atoms with van der Waals surface area (Å²) in [6.07, 6.45) is 5.73. The predicted molar refractivity (Wildman–Crippen MR) is 102 cm³/mol. The van der Waals surface area contributed by atoms with Crippen molar-refractivity contribution in [2.24, 2.45) is 10.7 Å². The predicted octanol–water partition coefficient (Wildman–Crippen LogP) is 4.34. The number of aliphatic imine (C=N–C) groups is 1.